The molecule has 134 valence electrons. The van der Waals surface area contributed by atoms with Gasteiger partial charge in [-0.2, -0.15) is 0 Å². The predicted molar refractivity (Wildman–Crippen MR) is 99.5 cm³/mol. The Kier molecular flexibility index (Phi) is 5.22. The van der Waals surface area contributed by atoms with Crippen LogP contribution in [-0.4, -0.2) is 22.6 Å². The lowest BCUT2D eigenvalue weighted by atomic mass is 10.1. The first-order valence-corrected chi connectivity index (χ1v) is 8.35. The maximum Gasteiger partial charge on any atom is 0.326 e. The van der Waals surface area contributed by atoms with Crippen LogP contribution in [0.25, 0.3) is 0 Å². The fourth-order valence-electron chi connectivity index (χ4n) is 2.75. The summed E-state index contributed by atoms with van der Waals surface area (Å²) in [4.78, 5) is 27.3. The van der Waals surface area contributed by atoms with E-state index in [-0.39, 0.29) is 17.6 Å². The molecule has 0 saturated heterocycles. The average molecular weight is 351 g/mol. The van der Waals surface area contributed by atoms with Crippen molar-refractivity contribution >= 4 is 5.91 Å². The lowest BCUT2D eigenvalue weighted by Gasteiger charge is -2.15. The first-order chi connectivity index (χ1) is 12.6. The zero-order valence-electron chi connectivity index (χ0n) is 14.7. The highest BCUT2D eigenvalue weighted by Crippen LogP contribution is 2.17. The van der Waals surface area contributed by atoms with Gasteiger partial charge in [0, 0.05) is 6.20 Å². The normalized spacial score (nSPS) is 11.8. The summed E-state index contributed by atoms with van der Waals surface area (Å²) >= 11 is 0. The van der Waals surface area contributed by atoms with Gasteiger partial charge in [0.2, 0.25) is 0 Å². The van der Waals surface area contributed by atoms with Gasteiger partial charge in [0.25, 0.3) is 5.91 Å². The molecule has 0 spiro atoms. The van der Waals surface area contributed by atoms with Gasteiger partial charge in [-0.3, -0.25) is 9.36 Å². The van der Waals surface area contributed by atoms with E-state index in [4.69, 9.17) is 4.74 Å². The first-order valence-electron chi connectivity index (χ1n) is 8.35. The van der Waals surface area contributed by atoms with Gasteiger partial charge >= 0.3 is 5.69 Å². The molecule has 26 heavy (non-hydrogen) atoms. The molecule has 0 aliphatic heterocycles. The molecule has 2 N–H and O–H groups in total. The number of benzene rings is 2. The molecule has 6 nitrogen and oxygen atoms in total. The van der Waals surface area contributed by atoms with Gasteiger partial charge in [0.15, 0.2) is 0 Å². The summed E-state index contributed by atoms with van der Waals surface area (Å²) in [6, 6.07) is 16.8. The maximum atomic E-state index is 12.7. The molecule has 3 rings (SSSR count). The SMILES string of the molecule is COc1ccc(C(C)NC(=O)c2c[nH]c(=O)n2Cc2ccccc2)cc1. The summed E-state index contributed by atoms with van der Waals surface area (Å²) in [5, 5.41) is 2.93. The summed E-state index contributed by atoms with van der Waals surface area (Å²) in [7, 11) is 1.61. The topological polar surface area (TPSA) is 76.1 Å². The van der Waals surface area contributed by atoms with Crippen LogP contribution in [-0.2, 0) is 6.54 Å². The van der Waals surface area contributed by atoms with Crippen LogP contribution in [0.2, 0.25) is 0 Å². The molecular weight excluding hydrogens is 330 g/mol. The van der Waals surface area contributed by atoms with E-state index in [1.807, 2.05) is 61.5 Å². The second kappa shape index (κ2) is 7.74. The second-order valence-corrected chi connectivity index (χ2v) is 6.02. The molecule has 0 radical (unpaired) electrons. The number of nitrogens with one attached hydrogen (secondary N) is 2. The highest BCUT2D eigenvalue weighted by Gasteiger charge is 2.17. The fourth-order valence-corrected chi connectivity index (χ4v) is 2.75. The Labute approximate surface area is 151 Å². The van der Waals surface area contributed by atoms with Crippen molar-refractivity contribution in [2.24, 2.45) is 0 Å². The molecule has 1 unspecified atom stereocenters. The van der Waals surface area contributed by atoms with Crippen LogP contribution in [0.15, 0.2) is 65.6 Å². The number of ether oxygens (including phenoxy) is 1. The van der Waals surface area contributed by atoms with Crippen molar-refractivity contribution in [1.29, 1.82) is 0 Å². The largest absolute Gasteiger partial charge is 0.497 e. The van der Waals surface area contributed by atoms with Crippen molar-refractivity contribution in [2.75, 3.05) is 7.11 Å². The van der Waals surface area contributed by atoms with Crippen molar-refractivity contribution in [3.63, 3.8) is 0 Å². The van der Waals surface area contributed by atoms with Gasteiger partial charge in [-0.05, 0) is 30.2 Å². The van der Waals surface area contributed by atoms with Gasteiger partial charge in [-0.15, -0.1) is 0 Å². The Morgan fingerprint density at radius 1 is 1.15 bits per heavy atom. The third-order valence-electron chi connectivity index (χ3n) is 4.25. The molecule has 0 saturated carbocycles. The van der Waals surface area contributed by atoms with Crippen molar-refractivity contribution in [3.8, 4) is 5.75 Å². The summed E-state index contributed by atoms with van der Waals surface area (Å²) in [5.41, 5.74) is 1.90. The highest BCUT2D eigenvalue weighted by atomic mass is 16.5. The number of methoxy groups -OCH3 is 1. The number of nitrogens with zero attached hydrogens (tertiary/aromatic N) is 1. The number of imidazole rings is 1. The van der Waals surface area contributed by atoms with Crippen LogP contribution in [0.4, 0.5) is 0 Å². The van der Waals surface area contributed by atoms with Crippen molar-refractivity contribution in [2.45, 2.75) is 19.5 Å². The standard InChI is InChI=1S/C20H21N3O3/c1-14(16-8-10-17(26-2)11-9-16)22-19(24)18-12-21-20(25)23(18)13-15-6-4-3-5-7-15/h3-12,14H,13H2,1-2H3,(H,21,25)(H,22,24). The smallest absolute Gasteiger partial charge is 0.326 e. The number of carbonyl (C=O) groups is 1. The van der Waals surface area contributed by atoms with Crippen LogP contribution in [0, 0.1) is 0 Å². The number of aromatic nitrogens is 2. The number of hydrogen-bond acceptors (Lipinski definition) is 3. The Hall–Kier alpha value is -3.28. The van der Waals surface area contributed by atoms with Crippen LogP contribution in [0.5, 0.6) is 5.75 Å². The van der Waals surface area contributed by atoms with Crippen LogP contribution >= 0.6 is 0 Å². The average Bonchev–Trinajstić information content (AvgIpc) is 3.03. The molecule has 0 bridgehead atoms. The monoisotopic (exact) mass is 351 g/mol. The Balaban J connectivity index is 1.76. The Morgan fingerprint density at radius 3 is 2.50 bits per heavy atom. The summed E-state index contributed by atoms with van der Waals surface area (Å²) in [6.45, 7) is 2.23. The van der Waals surface area contributed by atoms with Crippen LogP contribution < -0.4 is 15.7 Å². The van der Waals surface area contributed by atoms with Crippen molar-refractivity contribution in [1.82, 2.24) is 14.9 Å². The molecule has 1 aromatic heterocycles. The van der Waals surface area contributed by atoms with E-state index in [1.54, 1.807) is 7.11 Å². The zero-order chi connectivity index (χ0) is 18.5. The van der Waals surface area contributed by atoms with E-state index in [0.717, 1.165) is 16.9 Å². The molecule has 2 aromatic carbocycles. The third-order valence-corrected chi connectivity index (χ3v) is 4.25. The minimum Gasteiger partial charge on any atom is -0.497 e. The number of H-pyrrole nitrogens is 1. The van der Waals surface area contributed by atoms with Crippen molar-refractivity contribution < 1.29 is 9.53 Å². The summed E-state index contributed by atoms with van der Waals surface area (Å²) in [6.07, 6.45) is 1.45. The lowest BCUT2D eigenvalue weighted by molar-refractivity contribution is 0.0930. The van der Waals surface area contributed by atoms with Gasteiger partial charge in [0.05, 0.1) is 19.7 Å². The van der Waals surface area contributed by atoms with E-state index in [0.29, 0.717) is 12.2 Å². The lowest BCUT2D eigenvalue weighted by Crippen LogP contribution is -2.31. The van der Waals surface area contributed by atoms with Gasteiger partial charge in [-0.1, -0.05) is 42.5 Å². The fraction of sp³-hybridized carbons (Fsp3) is 0.200. The highest BCUT2D eigenvalue weighted by molar-refractivity contribution is 5.92. The number of aromatic amines is 1. The first kappa shape index (κ1) is 17.5. The van der Waals surface area contributed by atoms with Crippen LogP contribution in [0.1, 0.15) is 34.6 Å². The van der Waals surface area contributed by atoms with E-state index in [2.05, 4.69) is 10.3 Å². The molecule has 0 fully saturated rings. The Morgan fingerprint density at radius 2 is 1.85 bits per heavy atom. The number of rotatable bonds is 6. The van der Waals surface area contributed by atoms with Crippen molar-refractivity contribution in [3.05, 3.63) is 88.1 Å². The van der Waals surface area contributed by atoms with E-state index in [9.17, 15) is 9.59 Å². The van der Waals surface area contributed by atoms with E-state index < -0.39 is 0 Å². The molecule has 0 aliphatic carbocycles. The van der Waals surface area contributed by atoms with Crippen LogP contribution in [0.3, 0.4) is 0 Å². The third kappa shape index (κ3) is 3.85. The van der Waals surface area contributed by atoms with Gasteiger partial charge < -0.3 is 15.0 Å². The zero-order valence-corrected chi connectivity index (χ0v) is 14.7. The van der Waals surface area contributed by atoms with E-state index >= 15 is 0 Å². The summed E-state index contributed by atoms with van der Waals surface area (Å²) in [5.74, 6) is 0.456. The maximum absolute atomic E-state index is 12.7. The molecule has 6 heteroatoms. The Bertz CT molecular complexity index is 927. The predicted octanol–water partition coefficient (Wildman–Crippen LogP) is 2.72. The molecule has 1 atom stereocenters. The number of carbonyl (C=O) groups excluding carboxylic acids is 1. The second-order valence-electron chi connectivity index (χ2n) is 6.02. The molecular formula is C20H21N3O3. The number of hydrogen-bond donors (Lipinski definition) is 2. The minimum atomic E-state index is -0.309. The molecule has 1 heterocycles. The van der Waals surface area contributed by atoms with E-state index in [1.165, 1.54) is 10.8 Å². The number of amides is 1. The molecule has 1 amide bonds. The van der Waals surface area contributed by atoms with Gasteiger partial charge in [0.1, 0.15) is 11.4 Å². The summed E-state index contributed by atoms with van der Waals surface area (Å²) < 4.78 is 6.58. The molecule has 3 aromatic rings. The molecule has 0 aliphatic rings. The quantitative estimate of drug-likeness (QED) is 0.717. The minimum absolute atomic E-state index is 0.205. The van der Waals surface area contributed by atoms with Gasteiger partial charge in [-0.25, -0.2) is 4.79 Å².